The fourth-order valence-corrected chi connectivity index (χ4v) is 2.97. The zero-order valence-electron chi connectivity index (χ0n) is 11.2. The Balaban J connectivity index is 2.48. The number of aromatic nitrogens is 1. The minimum absolute atomic E-state index is 0.215. The minimum atomic E-state index is 0.215. The van der Waals surface area contributed by atoms with Gasteiger partial charge in [0.05, 0.1) is 5.52 Å². The lowest BCUT2D eigenvalue weighted by Gasteiger charge is -2.27. The van der Waals surface area contributed by atoms with Gasteiger partial charge in [-0.25, -0.2) is 0 Å². The Kier molecular flexibility index (Phi) is 2.54. The molecule has 1 aromatic heterocycles. The Hall–Kier alpha value is -1.57. The number of nitrogens with zero attached hydrogens (tertiary/aromatic N) is 1. The zero-order valence-corrected chi connectivity index (χ0v) is 11.2. The summed E-state index contributed by atoms with van der Waals surface area (Å²) in [5.74, 6) is 0.281. The van der Waals surface area contributed by atoms with E-state index in [0.29, 0.717) is 6.04 Å². The van der Waals surface area contributed by atoms with Gasteiger partial charge in [0.2, 0.25) is 0 Å². The normalized spacial score (nSPS) is 18.6. The second kappa shape index (κ2) is 3.98. The predicted molar refractivity (Wildman–Crippen MR) is 75.3 cm³/mol. The van der Waals surface area contributed by atoms with Gasteiger partial charge in [0.1, 0.15) is 0 Å². The highest BCUT2D eigenvalue weighted by atomic mass is 16.1. The van der Waals surface area contributed by atoms with Crippen LogP contribution in [-0.4, -0.2) is 4.57 Å². The van der Waals surface area contributed by atoms with Gasteiger partial charge in [-0.3, -0.25) is 4.79 Å². The molecule has 0 fully saturated rings. The maximum atomic E-state index is 12.5. The van der Waals surface area contributed by atoms with Crippen LogP contribution in [0.1, 0.15) is 50.3 Å². The van der Waals surface area contributed by atoms with Crippen LogP contribution in [0.3, 0.4) is 0 Å². The van der Waals surface area contributed by atoms with E-state index in [1.165, 1.54) is 5.56 Å². The molecule has 1 aliphatic rings. The Bertz CT molecular complexity index is 667. The molecule has 2 heterocycles. The molecule has 0 radical (unpaired) electrons. The first-order valence-electron chi connectivity index (χ1n) is 6.76. The molecule has 2 nitrogen and oxygen atoms in total. The van der Waals surface area contributed by atoms with E-state index in [1.54, 1.807) is 0 Å². The lowest BCUT2D eigenvalue weighted by Crippen LogP contribution is -2.22. The van der Waals surface area contributed by atoms with Crippen LogP contribution < -0.4 is 5.43 Å². The fourth-order valence-electron chi connectivity index (χ4n) is 2.97. The number of benzene rings is 1. The summed E-state index contributed by atoms with van der Waals surface area (Å²) in [5, 5.41) is 0.894. The summed E-state index contributed by atoms with van der Waals surface area (Å²) in [6, 6.07) is 6.63. The highest BCUT2D eigenvalue weighted by molar-refractivity contribution is 5.83. The predicted octanol–water partition coefficient (Wildman–Crippen LogP) is 3.63. The second-order valence-corrected chi connectivity index (χ2v) is 5.68. The fraction of sp³-hybridized carbons (Fsp3) is 0.438. The Morgan fingerprint density at radius 2 is 2.11 bits per heavy atom. The molecule has 0 aliphatic carbocycles. The topological polar surface area (TPSA) is 22.0 Å². The molecule has 2 aromatic rings. The minimum Gasteiger partial charge on any atom is -0.344 e. The molecule has 0 saturated carbocycles. The first kappa shape index (κ1) is 11.5. The van der Waals surface area contributed by atoms with E-state index in [1.807, 2.05) is 12.1 Å². The molecule has 1 aliphatic heterocycles. The third kappa shape index (κ3) is 1.52. The molecular formula is C16H19NO. The largest absolute Gasteiger partial charge is 0.344 e. The number of rotatable bonds is 1. The summed E-state index contributed by atoms with van der Waals surface area (Å²) < 4.78 is 2.31. The highest BCUT2D eigenvalue weighted by Crippen LogP contribution is 2.30. The number of pyridine rings is 1. The van der Waals surface area contributed by atoms with Gasteiger partial charge >= 0.3 is 0 Å². The van der Waals surface area contributed by atoms with Crippen molar-refractivity contribution >= 4 is 10.9 Å². The first-order valence-corrected chi connectivity index (χ1v) is 6.76. The standard InChI is InChI=1S/C16H19NO/c1-10(2)14-9-17-11(3)7-8-12-5-4-6-13(15(12)17)16(14)18/h4-6,9-11H,7-8H2,1-3H3. The van der Waals surface area contributed by atoms with Crippen molar-refractivity contribution in [1.82, 2.24) is 4.57 Å². The zero-order chi connectivity index (χ0) is 12.9. The quantitative estimate of drug-likeness (QED) is 0.747. The van der Waals surface area contributed by atoms with Crippen molar-refractivity contribution in [2.24, 2.45) is 0 Å². The monoisotopic (exact) mass is 241 g/mol. The number of aryl methyl sites for hydroxylation is 1. The van der Waals surface area contributed by atoms with Crippen LogP contribution in [0.5, 0.6) is 0 Å². The summed E-state index contributed by atoms with van der Waals surface area (Å²) in [6.07, 6.45) is 4.33. The van der Waals surface area contributed by atoms with Crippen LogP contribution in [0, 0.1) is 0 Å². The van der Waals surface area contributed by atoms with Crippen LogP contribution in [0.2, 0.25) is 0 Å². The van der Waals surface area contributed by atoms with Gasteiger partial charge in [-0.15, -0.1) is 0 Å². The van der Waals surface area contributed by atoms with Crippen LogP contribution in [0.4, 0.5) is 0 Å². The molecule has 3 rings (SSSR count). The van der Waals surface area contributed by atoms with E-state index in [2.05, 4.69) is 37.6 Å². The maximum absolute atomic E-state index is 12.5. The van der Waals surface area contributed by atoms with Crippen molar-refractivity contribution in [3.8, 4) is 0 Å². The van der Waals surface area contributed by atoms with Gasteiger partial charge in [0.15, 0.2) is 5.43 Å². The SMILES string of the molecule is CC(C)c1cn2c3c(cccc3c1=O)CCC2C. The highest BCUT2D eigenvalue weighted by Gasteiger charge is 2.20. The van der Waals surface area contributed by atoms with Gasteiger partial charge in [-0.1, -0.05) is 26.0 Å². The van der Waals surface area contributed by atoms with Crippen molar-refractivity contribution in [2.75, 3.05) is 0 Å². The first-order chi connectivity index (χ1) is 8.59. The van der Waals surface area contributed by atoms with Crippen molar-refractivity contribution in [3.05, 3.63) is 45.7 Å². The molecule has 1 aromatic carbocycles. The Morgan fingerprint density at radius 1 is 1.33 bits per heavy atom. The summed E-state index contributed by atoms with van der Waals surface area (Å²) in [7, 11) is 0. The summed E-state index contributed by atoms with van der Waals surface area (Å²) in [4.78, 5) is 12.5. The van der Waals surface area contributed by atoms with Gasteiger partial charge in [0.25, 0.3) is 0 Å². The smallest absolute Gasteiger partial charge is 0.192 e. The molecule has 18 heavy (non-hydrogen) atoms. The molecule has 2 heteroatoms. The maximum Gasteiger partial charge on any atom is 0.192 e. The second-order valence-electron chi connectivity index (χ2n) is 5.68. The lowest BCUT2D eigenvalue weighted by atomic mass is 9.94. The third-order valence-electron chi connectivity index (χ3n) is 4.09. The van der Waals surface area contributed by atoms with Gasteiger partial charge in [0, 0.05) is 23.2 Å². The molecule has 0 N–H and O–H groups in total. The Labute approximate surface area is 107 Å². The molecule has 0 bridgehead atoms. The molecule has 94 valence electrons. The van der Waals surface area contributed by atoms with E-state index in [9.17, 15) is 4.79 Å². The van der Waals surface area contributed by atoms with E-state index < -0.39 is 0 Å². The van der Waals surface area contributed by atoms with Crippen molar-refractivity contribution in [3.63, 3.8) is 0 Å². The van der Waals surface area contributed by atoms with Gasteiger partial charge < -0.3 is 4.57 Å². The summed E-state index contributed by atoms with van der Waals surface area (Å²) >= 11 is 0. The third-order valence-corrected chi connectivity index (χ3v) is 4.09. The average molecular weight is 241 g/mol. The molecule has 1 unspecified atom stereocenters. The van der Waals surface area contributed by atoms with Crippen molar-refractivity contribution in [1.29, 1.82) is 0 Å². The van der Waals surface area contributed by atoms with Crippen LogP contribution in [0.15, 0.2) is 29.2 Å². The average Bonchev–Trinajstić information content (AvgIpc) is 2.35. The van der Waals surface area contributed by atoms with Gasteiger partial charge in [-0.2, -0.15) is 0 Å². The molecule has 0 saturated heterocycles. The Morgan fingerprint density at radius 3 is 2.83 bits per heavy atom. The summed E-state index contributed by atoms with van der Waals surface area (Å²) in [5.41, 5.74) is 3.63. The van der Waals surface area contributed by atoms with E-state index in [0.717, 1.165) is 29.3 Å². The number of para-hydroxylation sites is 1. The number of hydrogen-bond acceptors (Lipinski definition) is 1. The van der Waals surface area contributed by atoms with Crippen LogP contribution >= 0.6 is 0 Å². The molecule has 1 atom stereocenters. The van der Waals surface area contributed by atoms with Crippen molar-refractivity contribution in [2.45, 2.75) is 45.6 Å². The van der Waals surface area contributed by atoms with Crippen LogP contribution in [0.25, 0.3) is 10.9 Å². The molecule has 0 spiro atoms. The van der Waals surface area contributed by atoms with Gasteiger partial charge in [-0.05, 0) is 37.3 Å². The van der Waals surface area contributed by atoms with E-state index in [-0.39, 0.29) is 11.3 Å². The van der Waals surface area contributed by atoms with E-state index >= 15 is 0 Å². The summed E-state index contributed by atoms with van der Waals surface area (Å²) in [6.45, 7) is 6.42. The molecule has 0 amide bonds. The van der Waals surface area contributed by atoms with Crippen LogP contribution in [-0.2, 0) is 6.42 Å². The molecular weight excluding hydrogens is 222 g/mol. The van der Waals surface area contributed by atoms with E-state index in [4.69, 9.17) is 0 Å². The van der Waals surface area contributed by atoms with Crippen molar-refractivity contribution < 1.29 is 0 Å². The number of hydrogen-bond donors (Lipinski definition) is 0. The lowest BCUT2D eigenvalue weighted by molar-refractivity contribution is 0.497.